The van der Waals surface area contributed by atoms with Crippen LogP contribution < -0.4 is 4.74 Å². The van der Waals surface area contributed by atoms with Crippen molar-refractivity contribution in [3.05, 3.63) is 17.9 Å². The Morgan fingerprint density at radius 3 is 2.62 bits per heavy atom. The summed E-state index contributed by atoms with van der Waals surface area (Å²) in [6.45, 7) is 1.61. The van der Waals surface area contributed by atoms with Gasteiger partial charge in [-0.15, -0.1) is 0 Å². The lowest BCUT2D eigenvalue weighted by atomic mass is 10.4. The molecule has 0 aromatic carbocycles. The highest BCUT2D eigenvalue weighted by molar-refractivity contribution is 5.90. The number of hydrogen-bond acceptors (Lipinski definition) is 7. The highest BCUT2D eigenvalue weighted by Crippen LogP contribution is 2.15. The molecule has 1 aromatic rings. The molecule has 0 aliphatic heterocycles. The lowest BCUT2D eigenvalue weighted by Gasteiger charge is -2.18. The van der Waals surface area contributed by atoms with E-state index >= 15 is 0 Å². The number of methoxy groups -OCH3 is 1. The molecule has 0 bridgehead atoms. The van der Waals surface area contributed by atoms with E-state index in [1.54, 1.807) is 6.92 Å². The first-order valence-corrected chi connectivity index (χ1v) is 6.23. The summed E-state index contributed by atoms with van der Waals surface area (Å²) >= 11 is 0. The first-order chi connectivity index (χ1) is 9.97. The quantitative estimate of drug-likeness (QED) is 0.453. The third kappa shape index (κ3) is 5.17. The van der Waals surface area contributed by atoms with E-state index in [1.807, 2.05) is 0 Å². The first-order valence-electron chi connectivity index (χ1n) is 6.23. The molecule has 1 rings (SSSR count). The number of furan rings is 1. The van der Waals surface area contributed by atoms with Crippen molar-refractivity contribution in [1.82, 2.24) is 4.90 Å². The summed E-state index contributed by atoms with van der Waals surface area (Å²) in [5.41, 5.74) is 0. The summed E-state index contributed by atoms with van der Waals surface area (Å²) in [7, 11) is 2.94. The Kier molecular flexibility index (Phi) is 6.25. The Morgan fingerprint density at radius 1 is 1.33 bits per heavy atom. The highest BCUT2D eigenvalue weighted by atomic mass is 16.6. The number of nitrogens with one attached hydrogen (secondary N) is 1. The van der Waals surface area contributed by atoms with Crippen molar-refractivity contribution in [2.45, 2.75) is 6.92 Å². The molecule has 0 saturated heterocycles. The SMILES string of the molecule is CCOC(=O)CN(C)C(=N)COC(=O)c1ccc(OC)o1. The van der Waals surface area contributed by atoms with Gasteiger partial charge in [0, 0.05) is 13.1 Å². The zero-order chi connectivity index (χ0) is 15.8. The van der Waals surface area contributed by atoms with E-state index in [1.165, 1.54) is 31.2 Å². The van der Waals surface area contributed by atoms with Crippen molar-refractivity contribution in [2.75, 3.05) is 33.9 Å². The van der Waals surface area contributed by atoms with Crippen LogP contribution in [0, 0.1) is 5.41 Å². The molecule has 1 heterocycles. The van der Waals surface area contributed by atoms with Crippen LogP contribution in [0.2, 0.25) is 0 Å². The Balaban J connectivity index is 2.41. The van der Waals surface area contributed by atoms with Crippen LogP contribution >= 0.6 is 0 Å². The van der Waals surface area contributed by atoms with Gasteiger partial charge < -0.3 is 23.5 Å². The van der Waals surface area contributed by atoms with Crippen LogP contribution in [-0.2, 0) is 14.3 Å². The maximum absolute atomic E-state index is 11.6. The Labute approximate surface area is 122 Å². The van der Waals surface area contributed by atoms with Gasteiger partial charge in [0.05, 0.1) is 13.7 Å². The van der Waals surface area contributed by atoms with E-state index in [2.05, 4.69) is 0 Å². The predicted molar refractivity (Wildman–Crippen MR) is 72.5 cm³/mol. The van der Waals surface area contributed by atoms with Crippen LogP contribution in [0.4, 0.5) is 0 Å². The molecule has 0 aliphatic carbocycles. The number of amidine groups is 1. The molecule has 21 heavy (non-hydrogen) atoms. The van der Waals surface area contributed by atoms with Crippen molar-refractivity contribution in [2.24, 2.45) is 0 Å². The summed E-state index contributed by atoms with van der Waals surface area (Å²) < 4.78 is 19.5. The number of rotatable bonds is 7. The molecule has 8 heteroatoms. The number of likely N-dealkylation sites (N-methyl/N-ethyl adjacent to an activating group) is 1. The maximum Gasteiger partial charge on any atom is 0.374 e. The van der Waals surface area contributed by atoms with E-state index in [9.17, 15) is 9.59 Å². The van der Waals surface area contributed by atoms with Gasteiger partial charge in [0.2, 0.25) is 5.76 Å². The van der Waals surface area contributed by atoms with Gasteiger partial charge in [-0.1, -0.05) is 0 Å². The molecule has 0 spiro atoms. The predicted octanol–water partition coefficient (Wildman–Crippen LogP) is 0.917. The summed E-state index contributed by atoms with van der Waals surface area (Å²) in [6, 6.07) is 2.89. The molecule has 0 amide bonds. The van der Waals surface area contributed by atoms with Gasteiger partial charge in [-0.25, -0.2) is 4.79 Å². The minimum Gasteiger partial charge on any atom is -0.468 e. The van der Waals surface area contributed by atoms with Crippen molar-refractivity contribution < 1.29 is 28.2 Å². The van der Waals surface area contributed by atoms with Gasteiger partial charge in [0.25, 0.3) is 5.95 Å². The summed E-state index contributed by atoms with van der Waals surface area (Å²) in [6.07, 6.45) is 0. The van der Waals surface area contributed by atoms with Gasteiger partial charge in [-0.2, -0.15) is 0 Å². The normalized spacial score (nSPS) is 9.86. The second kappa shape index (κ2) is 7.93. The van der Waals surface area contributed by atoms with Crippen molar-refractivity contribution >= 4 is 17.8 Å². The number of nitrogens with zero attached hydrogens (tertiary/aromatic N) is 1. The third-order valence-corrected chi connectivity index (χ3v) is 2.46. The van der Waals surface area contributed by atoms with E-state index in [0.717, 1.165) is 0 Å². The number of carbonyl (C=O) groups excluding carboxylic acids is 2. The maximum atomic E-state index is 11.6. The van der Waals surface area contributed by atoms with Crippen LogP contribution in [0.15, 0.2) is 16.5 Å². The largest absolute Gasteiger partial charge is 0.468 e. The third-order valence-electron chi connectivity index (χ3n) is 2.46. The molecule has 0 radical (unpaired) electrons. The summed E-state index contributed by atoms with van der Waals surface area (Å²) in [5, 5.41) is 7.70. The molecule has 0 atom stereocenters. The molecule has 1 aromatic heterocycles. The second-order valence-corrected chi connectivity index (χ2v) is 4.01. The van der Waals surface area contributed by atoms with E-state index < -0.39 is 11.9 Å². The molecule has 8 nitrogen and oxygen atoms in total. The molecular weight excluding hydrogens is 280 g/mol. The van der Waals surface area contributed by atoms with Gasteiger partial charge in [0.15, 0.2) is 0 Å². The molecule has 0 fully saturated rings. The first kappa shape index (κ1) is 16.5. The molecule has 1 N–H and O–H groups in total. The van der Waals surface area contributed by atoms with Crippen LogP contribution in [0.3, 0.4) is 0 Å². The molecule has 116 valence electrons. The zero-order valence-electron chi connectivity index (χ0n) is 12.2. The molecule has 0 unspecified atom stereocenters. The minimum atomic E-state index is -0.715. The van der Waals surface area contributed by atoms with Gasteiger partial charge >= 0.3 is 11.9 Å². The van der Waals surface area contributed by atoms with Crippen molar-refractivity contribution in [3.8, 4) is 5.95 Å². The standard InChI is InChI=1S/C13H18N2O6/c1-4-19-11(16)7-15(2)10(14)8-20-13(17)9-5-6-12(18-3)21-9/h5-6,14H,4,7-8H2,1-3H3. The van der Waals surface area contributed by atoms with Crippen LogP contribution in [0.1, 0.15) is 17.5 Å². The Morgan fingerprint density at radius 2 is 2.05 bits per heavy atom. The zero-order valence-corrected chi connectivity index (χ0v) is 12.2. The number of esters is 2. The Bertz CT molecular complexity index is 511. The lowest BCUT2D eigenvalue weighted by Crippen LogP contribution is -2.35. The van der Waals surface area contributed by atoms with Gasteiger partial charge in [-0.05, 0) is 13.0 Å². The van der Waals surface area contributed by atoms with Crippen LogP contribution in [0.5, 0.6) is 5.95 Å². The summed E-state index contributed by atoms with van der Waals surface area (Å²) in [5.74, 6) is -1.03. The van der Waals surface area contributed by atoms with Gasteiger partial charge in [-0.3, -0.25) is 10.2 Å². The second-order valence-electron chi connectivity index (χ2n) is 4.01. The molecule has 0 aliphatic rings. The van der Waals surface area contributed by atoms with E-state index in [4.69, 9.17) is 24.0 Å². The van der Waals surface area contributed by atoms with Crippen molar-refractivity contribution in [3.63, 3.8) is 0 Å². The summed E-state index contributed by atoms with van der Waals surface area (Å²) in [4.78, 5) is 24.2. The number of hydrogen-bond donors (Lipinski definition) is 1. The fraction of sp³-hybridized carbons (Fsp3) is 0.462. The van der Waals surface area contributed by atoms with Crippen LogP contribution in [0.25, 0.3) is 0 Å². The smallest absolute Gasteiger partial charge is 0.374 e. The number of carbonyl (C=O) groups is 2. The molecular formula is C13H18N2O6. The van der Waals surface area contributed by atoms with E-state index in [-0.39, 0.29) is 37.3 Å². The lowest BCUT2D eigenvalue weighted by molar-refractivity contribution is -0.143. The molecule has 0 saturated carbocycles. The van der Waals surface area contributed by atoms with Gasteiger partial charge in [0.1, 0.15) is 19.0 Å². The minimum absolute atomic E-state index is 0.0207. The average molecular weight is 298 g/mol. The van der Waals surface area contributed by atoms with Crippen molar-refractivity contribution in [1.29, 1.82) is 5.41 Å². The fourth-order valence-electron chi connectivity index (χ4n) is 1.35. The number of ether oxygens (including phenoxy) is 3. The highest BCUT2D eigenvalue weighted by Gasteiger charge is 2.16. The monoisotopic (exact) mass is 298 g/mol. The fourth-order valence-corrected chi connectivity index (χ4v) is 1.35. The van der Waals surface area contributed by atoms with E-state index in [0.29, 0.717) is 0 Å². The average Bonchev–Trinajstić information content (AvgIpc) is 2.93. The Hall–Kier alpha value is -2.51. The van der Waals surface area contributed by atoms with Crippen LogP contribution in [-0.4, -0.2) is 56.6 Å². The topological polar surface area (TPSA) is 102 Å².